The summed E-state index contributed by atoms with van der Waals surface area (Å²) in [6.07, 6.45) is 45.1. The Bertz CT molecular complexity index is 3780. The predicted molar refractivity (Wildman–Crippen MR) is 501 cm³/mol. The minimum Gasteiger partial charge on any atom is -0.460 e. The third-order valence-electron chi connectivity index (χ3n) is 38.1. The van der Waals surface area contributed by atoms with Gasteiger partial charge in [0, 0.05) is 31.1 Å². The summed E-state index contributed by atoms with van der Waals surface area (Å²) in [6.45, 7) is 54.5. The van der Waals surface area contributed by atoms with Crippen molar-refractivity contribution in [3.63, 3.8) is 0 Å². The van der Waals surface area contributed by atoms with Crippen molar-refractivity contribution in [3.05, 3.63) is 0 Å². The van der Waals surface area contributed by atoms with Gasteiger partial charge in [0.1, 0.15) is 44.8 Å². The molecule has 127 heavy (non-hydrogen) atoms. The molecular weight excluding hydrogens is 1590 g/mol. The largest absolute Gasteiger partial charge is 0.460 e. The van der Waals surface area contributed by atoms with Crippen molar-refractivity contribution in [1.29, 1.82) is 0 Å². The molecule has 25 saturated carbocycles. The maximum Gasteiger partial charge on any atom is 0.312 e. The van der Waals surface area contributed by atoms with Crippen LogP contribution in [0, 0.1) is 138 Å². The second-order valence-corrected chi connectivity index (χ2v) is 51.1. The van der Waals surface area contributed by atoms with Gasteiger partial charge in [-0.2, -0.15) is 0 Å². The average molecular weight is 1770 g/mol. The molecule has 0 heterocycles. The second kappa shape index (κ2) is 37.1. The monoisotopic (exact) mass is 1770 g/mol. The topological polar surface area (TPSA) is 210 Å². The normalized spacial score (nSPS) is 41.2. The van der Waals surface area contributed by atoms with Crippen LogP contribution in [-0.2, 0) is 76.3 Å². The molecule has 25 aliphatic rings. The maximum absolute atomic E-state index is 14.1. The zero-order valence-electron chi connectivity index (χ0n) is 85.8. The summed E-state index contributed by atoms with van der Waals surface area (Å²) in [6, 6.07) is 0. The van der Waals surface area contributed by atoms with Crippen molar-refractivity contribution in [2.75, 3.05) is 0 Å². The van der Waals surface area contributed by atoms with Crippen LogP contribution in [0.1, 0.15) is 469 Å². The highest BCUT2D eigenvalue weighted by Gasteiger charge is 2.71. The van der Waals surface area contributed by atoms with E-state index in [1.165, 1.54) is 103 Å². The lowest BCUT2D eigenvalue weighted by Gasteiger charge is -2.63. The quantitative estimate of drug-likeness (QED) is 0.0819. The Balaban J connectivity index is 0.000000151. The van der Waals surface area contributed by atoms with Crippen LogP contribution in [0.2, 0.25) is 0 Å². The van der Waals surface area contributed by atoms with E-state index in [2.05, 4.69) is 27.7 Å². The summed E-state index contributed by atoms with van der Waals surface area (Å²) in [5.74, 6) is 8.86. The molecule has 25 fully saturated rings. The number of ether oxygens (including phenoxy) is 8. The summed E-state index contributed by atoms with van der Waals surface area (Å²) in [5.41, 5.74) is -6.76. The zero-order valence-corrected chi connectivity index (χ0v) is 85.8. The molecule has 0 saturated heterocycles. The van der Waals surface area contributed by atoms with Gasteiger partial charge in [-0.1, -0.05) is 89.5 Å². The Morgan fingerprint density at radius 3 is 0.764 bits per heavy atom. The average Bonchev–Trinajstić information content (AvgIpc) is 0.716. The van der Waals surface area contributed by atoms with Crippen molar-refractivity contribution < 1.29 is 76.3 Å². The van der Waals surface area contributed by atoms with Crippen molar-refractivity contribution >= 4 is 47.8 Å². The lowest BCUT2D eigenvalue weighted by atomic mass is 9.45. The number of hydrogen-bond donors (Lipinski definition) is 0. The van der Waals surface area contributed by atoms with Crippen LogP contribution < -0.4 is 0 Å². The molecule has 8 unspecified atom stereocenters. The number of esters is 8. The first kappa shape index (κ1) is 102. The molecule has 16 nitrogen and oxygen atoms in total. The van der Waals surface area contributed by atoms with Crippen LogP contribution in [0.25, 0.3) is 0 Å². The zero-order chi connectivity index (χ0) is 93.5. The van der Waals surface area contributed by atoms with Gasteiger partial charge in [-0.15, -0.1) is 0 Å². The molecule has 0 aliphatic heterocycles. The molecule has 24 bridgehead atoms. The van der Waals surface area contributed by atoms with Gasteiger partial charge in [-0.05, 0) is 443 Å². The molecule has 0 amide bonds. The van der Waals surface area contributed by atoms with Crippen molar-refractivity contribution in [2.45, 2.75) is 514 Å². The predicted octanol–water partition coefficient (Wildman–Crippen LogP) is 27.2. The summed E-state index contributed by atoms with van der Waals surface area (Å²) in [4.78, 5) is 106. The van der Waals surface area contributed by atoms with E-state index in [9.17, 15) is 38.4 Å². The number of hydrogen-bond acceptors (Lipinski definition) is 16. The van der Waals surface area contributed by atoms with E-state index >= 15 is 0 Å². The molecule has 8 atom stereocenters. The number of carbonyl (C=O) groups excluding carboxylic acids is 8. The van der Waals surface area contributed by atoms with Gasteiger partial charge in [0.25, 0.3) is 0 Å². The first-order chi connectivity index (χ1) is 59.4. The fourth-order valence-corrected chi connectivity index (χ4v) is 32.1. The smallest absolute Gasteiger partial charge is 0.312 e. The van der Waals surface area contributed by atoms with E-state index in [1.54, 1.807) is 0 Å². The molecule has 0 spiro atoms. The molecule has 0 aromatic heterocycles. The van der Waals surface area contributed by atoms with E-state index in [0.717, 1.165) is 184 Å². The van der Waals surface area contributed by atoms with E-state index < -0.39 is 76.9 Å². The lowest BCUT2D eigenvalue weighted by molar-refractivity contribution is -0.238. The molecule has 16 heteroatoms. The lowest BCUT2D eigenvalue weighted by Crippen LogP contribution is -2.63. The highest BCUT2D eigenvalue weighted by Crippen LogP contribution is 2.71. The Morgan fingerprint density at radius 1 is 0.268 bits per heavy atom. The standard InChI is InChI=1S/C30H46O4.C28H42O4.C24H38O4.C21H34O4.4C2H6/c1-6-26(2,3)24(31)34-30-16-22-10-23(17-30)12-28(11-22,18-30)25(32)33-27(4,5)29-13-19-7-20(14-29)9-21(8-19)15-29;1-5-25(2,3)23(29)32-28-14-19-7-20(15-28)13-27(12-19,16-28)24(30)31-26(4)21-8-17-6-18(10-21)11-22(26)9-17;1-5-21(2,3)19(25)28-24-14-17-11-18(15-24)13-23(12-17,16-24)20(26)27-22(4)9-7-6-8-10-22;1-7-19(5,6)16(22)25-21-11-14-8-15(12-21)10-20(9-14,13-21)17(23)24-18(2,3)4;4*1-2/h19-23H,6-18H2,1-5H3;17-22H,5-16H2,1-4H3;17-18H,5-16H2,1-4H3;14-15H,7-13H2,1-6H3;4*1-2H3. The van der Waals surface area contributed by atoms with E-state index in [0.29, 0.717) is 84.9 Å². The molecular formula is C111H184O16. The van der Waals surface area contributed by atoms with Gasteiger partial charge in [-0.3, -0.25) is 38.4 Å². The van der Waals surface area contributed by atoms with Crippen molar-refractivity contribution in [2.24, 2.45) is 138 Å². The van der Waals surface area contributed by atoms with Crippen LogP contribution in [-0.4, -0.2) is 92.6 Å². The molecule has 0 N–H and O–H groups in total. The molecule has 25 rings (SSSR count). The van der Waals surface area contributed by atoms with Gasteiger partial charge < -0.3 is 37.9 Å². The third kappa shape index (κ3) is 20.2. The maximum atomic E-state index is 14.1. The van der Waals surface area contributed by atoms with E-state index in [-0.39, 0.29) is 64.4 Å². The van der Waals surface area contributed by atoms with Crippen LogP contribution in [0.3, 0.4) is 0 Å². The van der Waals surface area contributed by atoms with Crippen LogP contribution in [0.5, 0.6) is 0 Å². The van der Waals surface area contributed by atoms with Gasteiger partial charge in [0.15, 0.2) is 0 Å². The van der Waals surface area contributed by atoms with Crippen LogP contribution in [0.15, 0.2) is 0 Å². The minimum absolute atomic E-state index is 0.00109. The van der Waals surface area contributed by atoms with Crippen LogP contribution in [0.4, 0.5) is 0 Å². The number of carbonyl (C=O) groups is 8. The second-order valence-electron chi connectivity index (χ2n) is 51.1. The molecule has 0 radical (unpaired) electrons. The molecule has 724 valence electrons. The van der Waals surface area contributed by atoms with E-state index in [4.69, 9.17) is 37.9 Å². The van der Waals surface area contributed by atoms with Crippen molar-refractivity contribution in [3.8, 4) is 0 Å². The molecule has 0 aromatic rings. The van der Waals surface area contributed by atoms with Gasteiger partial charge in [-0.25, -0.2) is 0 Å². The van der Waals surface area contributed by atoms with Gasteiger partial charge >= 0.3 is 47.8 Å². The minimum atomic E-state index is -0.478. The Kier molecular flexibility index (Phi) is 29.7. The van der Waals surface area contributed by atoms with E-state index in [1.807, 2.05) is 159 Å². The number of rotatable bonds is 20. The first-order valence-electron chi connectivity index (χ1n) is 53.3. The fraction of sp³-hybridized carbons (Fsp3) is 0.928. The first-order valence-corrected chi connectivity index (χ1v) is 53.3. The highest BCUT2D eigenvalue weighted by atomic mass is 16.6. The summed E-state index contributed by atoms with van der Waals surface area (Å²) in [7, 11) is 0. The Morgan fingerprint density at radius 2 is 0.504 bits per heavy atom. The Hall–Kier alpha value is -4.24. The third-order valence-corrected chi connectivity index (χ3v) is 38.1. The highest BCUT2D eigenvalue weighted by molar-refractivity contribution is 5.83. The summed E-state index contributed by atoms with van der Waals surface area (Å²) in [5, 5.41) is 0. The van der Waals surface area contributed by atoms with Gasteiger partial charge in [0.05, 0.1) is 43.3 Å². The summed E-state index contributed by atoms with van der Waals surface area (Å²) >= 11 is 0. The summed E-state index contributed by atoms with van der Waals surface area (Å²) < 4.78 is 50.5. The molecule has 25 aliphatic carbocycles. The van der Waals surface area contributed by atoms with Crippen molar-refractivity contribution in [1.82, 2.24) is 0 Å². The Labute approximate surface area is 771 Å². The SMILES string of the molecule is CC.CC.CC.CC.CCC(C)(C)C(=O)OC12CC3CC(C1)CC(C(=O)OC(C)(C)C)(C3)C2.CCC(C)(C)C(=O)OC12CC3CC(C1)CC(C(=O)OC(C)(C)C14CC5CC(CC(C5)C1)C4)(C3)C2.CCC(C)(C)C(=O)OC12CC3CC(C1)CC(C(=O)OC1(C)C4CC5CC(C4)CC1C5)(C3)C2.CCC(C)(C)C(=O)OC12CC3CC(C1)CC(C(=O)OC1(C)CCCCC1)(C3)C2. The van der Waals surface area contributed by atoms with Gasteiger partial charge in [0.2, 0.25) is 0 Å². The molecule has 0 aromatic carbocycles. The fourth-order valence-electron chi connectivity index (χ4n) is 32.1. The van der Waals surface area contributed by atoms with Crippen LogP contribution >= 0.6 is 0 Å².